The van der Waals surface area contributed by atoms with E-state index < -0.39 is 21.8 Å². The third kappa shape index (κ3) is 5.26. The molecule has 4 rings (SSSR count). The van der Waals surface area contributed by atoms with Gasteiger partial charge in [-0.1, -0.05) is 19.1 Å². The van der Waals surface area contributed by atoms with Crippen molar-refractivity contribution < 1.29 is 27.4 Å². The van der Waals surface area contributed by atoms with E-state index in [1.165, 1.54) is 26.4 Å². The molecule has 1 unspecified atom stereocenters. The van der Waals surface area contributed by atoms with Crippen LogP contribution < -0.4 is 19.5 Å². The van der Waals surface area contributed by atoms with Crippen LogP contribution in [0.1, 0.15) is 24.2 Å². The smallest absolute Gasteiger partial charge is 0.272 e. The molecule has 0 radical (unpaired) electrons. The van der Waals surface area contributed by atoms with Crippen molar-refractivity contribution in [3.63, 3.8) is 0 Å². The highest BCUT2D eigenvalue weighted by molar-refractivity contribution is 7.91. The van der Waals surface area contributed by atoms with Gasteiger partial charge in [0.25, 0.3) is 5.91 Å². The second-order valence-corrected chi connectivity index (χ2v) is 10.6. The molecule has 196 valence electrons. The topological polar surface area (TPSA) is 133 Å². The molecule has 1 N–H and O–H groups in total. The summed E-state index contributed by atoms with van der Waals surface area (Å²) in [6.45, 7) is 1.56. The van der Waals surface area contributed by atoms with Gasteiger partial charge in [-0.3, -0.25) is 10.1 Å². The molecule has 1 aromatic heterocycles. The van der Waals surface area contributed by atoms with Crippen LogP contribution in [-0.4, -0.2) is 43.8 Å². The van der Waals surface area contributed by atoms with Crippen LogP contribution in [0.2, 0.25) is 0 Å². The Balaban J connectivity index is 1.70. The number of carbonyl (C=O) groups excluding carboxylic acids is 1. The molecule has 3 aromatic carbocycles. The summed E-state index contributed by atoms with van der Waals surface area (Å²) in [7, 11) is 1.39. The van der Waals surface area contributed by atoms with E-state index in [1.807, 2.05) is 6.07 Å². The molecule has 1 amide bonds. The van der Waals surface area contributed by atoms with Crippen molar-refractivity contribution in [3.8, 4) is 23.3 Å². The second-order valence-electron chi connectivity index (χ2n) is 8.29. The average molecular weight is 535 g/mol. The standard InChI is InChI=1S/C27H26N4O6S/c1-5-38(33,34)20-12-8-18(9-13-20)25(37-19-10-6-17(16-28)7-11-19)26(32)30-27-29-21-14-23(35-3)24(36-4)15-22(21)31(27)2/h6-15,25H,5H2,1-4H3,(H,29,30,32). The molecule has 11 heteroatoms. The van der Waals surface area contributed by atoms with Crippen molar-refractivity contribution in [1.82, 2.24) is 9.55 Å². The summed E-state index contributed by atoms with van der Waals surface area (Å²) >= 11 is 0. The predicted octanol–water partition coefficient (Wildman–Crippen LogP) is 4.01. The van der Waals surface area contributed by atoms with Gasteiger partial charge in [-0.15, -0.1) is 0 Å². The van der Waals surface area contributed by atoms with Crippen LogP contribution in [0.25, 0.3) is 11.0 Å². The van der Waals surface area contributed by atoms with E-state index in [0.29, 0.717) is 39.4 Å². The zero-order chi connectivity index (χ0) is 27.4. The van der Waals surface area contributed by atoms with Gasteiger partial charge in [0, 0.05) is 24.7 Å². The van der Waals surface area contributed by atoms with Crippen molar-refractivity contribution in [1.29, 1.82) is 5.26 Å². The number of fused-ring (bicyclic) bond motifs is 1. The SMILES string of the molecule is CCS(=O)(=O)c1ccc(C(Oc2ccc(C#N)cc2)C(=O)Nc2nc3cc(OC)c(OC)cc3n2C)cc1. The first-order valence-electron chi connectivity index (χ1n) is 11.6. The Morgan fingerprint density at radius 3 is 2.26 bits per heavy atom. The largest absolute Gasteiger partial charge is 0.493 e. The van der Waals surface area contributed by atoms with E-state index in [1.54, 1.807) is 67.1 Å². The fourth-order valence-electron chi connectivity index (χ4n) is 3.84. The van der Waals surface area contributed by atoms with Crippen LogP contribution in [0.3, 0.4) is 0 Å². The number of hydrogen-bond acceptors (Lipinski definition) is 8. The number of carbonyl (C=O) groups is 1. The molecule has 4 aromatic rings. The van der Waals surface area contributed by atoms with E-state index in [2.05, 4.69) is 10.3 Å². The number of amides is 1. The molecule has 0 aliphatic rings. The van der Waals surface area contributed by atoms with Gasteiger partial charge in [0.1, 0.15) is 5.75 Å². The van der Waals surface area contributed by atoms with Gasteiger partial charge >= 0.3 is 0 Å². The number of aryl methyl sites for hydroxylation is 1. The van der Waals surface area contributed by atoms with E-state index in [0.717, 1.165) is 0 Å². The molecule has 38 heavy (non-hydrogen) atoms. The van der Waals surface area contributed by atoms with Crippen molar-refractivity contribution >= 4 is 32.7 Å². The highest BCUT2D eigenvalue weighted by Gasteiger charge is 2.26. The molecule has 0 fully saturated rings. The van der Waals surface area contributed by atoms with Gasteiger partial charge in [0.15, 0.2) is 21.3 Å². The van der Waals surface area contributed by atoms with Crippen LogP contribution in [0.5, 0.6) is 17.2 Å². The van der Waals surface area contributed by atoms with Crippen LogP contribution in [-0.2, 0) is 21.7 Å². The van der Waals surface area contributed by atoms with Gasteiger partial charge in [0.2, 0.25) is 12.1 Å². The van der Waals surface area contributed by atoms with E-state index >= 15 is 0 Å². The van der Waals surface area contributed by atoms with Gasteiger partial charge in [0.05, 0.1) is 47.5 Å². The molecular weight excluding hydrogens is 508 g/mol. The van der Waals surface area contributed by atoms with Gasteiger partial charge < -0.3 is 18.8 Å². The Labute approximate surface area is 220 Å². The first-order valence-corrected chi connectivity index (χ1v) is 13.2. The van der Waals surface area contributed by atoms with Gasteiger partial charge in [-0.05, 0) is 36.4 Å². The maximum Gasteiger partial charge on any atom is 0.272 e. The lowest BCUT2D eigenvalue weighted by Crippen LogP contribution is -2.27. The third-order valence-corrected chi connectivity index (χ3v) is 7.77. The number of benzene rings is 3. The number of aromatic nitrogens is 2. The molecule has 1 heterocycles. The van der Waals surface area contributed by atoms with Crippen LogP contribution in [0.15, 0.2) is 65.6 Å². The monoisotopic (exact) mass is 534 g/mol. The second kappa shape index (κ2) is 10.8. The van der Waals surface area contributed by atoms with Crippen LogP contribution in [0.4, 0.5) is 5.95 Å². The fourth-order valence-corrected chi connectivity index (χ4v) is 4.72. The number of rotatable bonds is 9. The number of nitriles is 1. The van der Waals surface area contributed by atoms with Crippen molar-refractivity contribution in [2.24, 2.45) is 7.05 Å². The molecular formula is C27H26N4O6S. The van der Waals surface area contributed by atoms with Gasteiger partial charge in [-0.25, -0.2) is 13.4 Å². The Morgan fingerprint density at radius 2 is 1.68 bits per heavy atom. The minimum Gasteiger partial charge on any atom is -0.493 e. The van der Waals surface area contributed by atoms with Crippen LogP contribution in [0, 0.1) is 11.3 Å². The van der Waals surface area contributed by atoms with Gasteiger partial charge in [-0.2, -0.15) is 5.26 Å². The Bertz CT molecular complexity index is 1620. The Hall–Kier alpha value is -4.56. The average Bonchev–Trinajstić information content (AvgIpc) is 3.24. The van der Waals surface area contributed by atoms with Crippen molar-refractivity contribution in [2.45, 2.75) is 17.9 Å². The highest BCUT2D eigenvalue weighted by Crippen LogP contribution is 2.33. The molecule has 0 bridgehead atoms. The number of sulfone groups is 1. The first kappa shape index (κ1) is 26.5. The lowest BCUT2D eigenvalue weighted by atomic mass is 10.1. The molecule has 0 saturated heterocycles. The number of nitrogens with one attached hydrogen (secondary N) is 1. The molecule has 0 aliphatic carbocycles. The summed E-state index contributed by atoms with van der Waals surface area (Å²) < 4.78 is 43.0. The maximum absolute atomic E-state index is 13.5. The lowest BCUT2D eigenvalue weighted by Gasteiger charge is -2.19. The summed E-state index contributed by atoms with van der Waals surface area (Å²) in [4.78, 5) is 18.2. The summed E-state index contributed by atoms with van der Waals surface area (Å²) in [5, 5.41) is 11.9. The fraction of sp³-hybridized carbons (Fsp3) is 0.222. The van der Waals surface area contributed by atoms with E-state index in [-0.39, 0.29) is 16.6 Å². The zero-order valence-corrected chi connectivity index (χ0v) is 22.1. The molecule has 0 saturated carbocycles. The van der Waals surface area contributed by atoms with Crippen molar-refractivity contribution in [2.75, 3.05) is 25.3 Å². The quantitative estimate of drug-likeness (QED) is 0.341. The summed E-state index contributed by atoms with van der Waals surface area (Å²) in [6, 6.07) is 17.8. The summed E-state index contributed by atoms with van der Waals surface area (Å²) in [5.74, 6) is 1.07. The number of imidazole rings is 1. The Kier molecular flexibility index (Phi) is 7.55. The molecule has 0 spiro atoms. The minimum absolute atomic E-state index is 0.0414. The number of ether oxygens (including phenoxy) is 3. The Morgan fingerprint density at radius 1 is 1.05 bits per heavy atom. The normalized spacial score (nSPS) is 12.0. The molecule has 0 aliphatic heterocycles. The summed E-state index contributed by atoms with van der Waals surface area (Å²) in [5.41, 5.74) is 2.16. The zero-order valence-electron chi connectivity index (χ0n) is 21.3. The molecule has 10 nitrogen and oxygen atoms in total. The number of hydrogen-bond donors (Lipinski definition) is 1. The van der Waals surface area contributed by atoms with E-state index in [9.17, 15) is 13.2 Å². The minimum atomic E-state index is -3.41. The van der Waals surface area contributed by atoms with E-state index in [4.69, 9.17) is 19.5 Å². The number of nitrogens with zero attached hydrogens (tertiary/aromatic N) is 3. The number of methoxy groups -OCH3 is 2. The third-order valence-electron chi connectivity index (χ3n) is 6.02. The maximum atomic E-state index is 13.5. The first-order chi connectivity index (χ1) is 18.2. The highest BCUT2D eigenvalue weighted by atomic mass is 32.2. The number of anilines is 1. The van der Waals surface area contributed by atoms with Crippen LogP contribution >= 0.6 is 0 Å². The predicted molar refractivity (Wildman–Crippen MR) is 141 cm³/mol. The van der Waals surface area contributed by atoms with Crippen molar-refractivity contribution in [3.05, 3.63) is 71.8 Å². The summed E-state index contributed by atoms with van der Waals surface area (Å²) in [6.07, 6.45) is -1.15. The lowest BCUT2D eigenvalue weighted by molar-refractivity contribution is -0.123. The molecule has 1 atom stereocenters.